The van der Waals surface area contributed by atoms with E-state index in [1.165, 1.54) is 6.33 Å². The molecule has 94 valence electrons. The second-order valence-electron chi connectivity index (χ2n) is 4.03. The predicted octanol–water partition coefficient (Wildman–Crippen LogP) is 2.40. The first-order valence-electron chi connectivity index (χ1n) is 5.51. The van der Waals surface area contributed by atoms with Crippen LogP contribution in [0.5, 0.6) is 0 Å². The van der Waals surface area contributed by atoms with E-state index in [2.05, 4.69) is 20.9 Å². The van der Waals surface area contributed by atoms with Gasteiger partial charge in [-0.3, -0.25) is 4.57 Å². The number of rotatable bonds is 2. The number of halogens is 1. The molecule has 6 heteroatoms. The summed E-state index contributed by atoms with van der Waals surface area (Å²) in [5.41, 5.74) is 7.91. The molecule has 0 amide bonds. The molecule has 0 aliphatic carbocycles. The summed E-state index contributed by atoms with van der Waals surface area (Å²) in [5, 5.41) is 18.0. The van der Waals surface area contributed by atoms with Crippen molar-refractivity contribution < 1.29 is 0 Å². The SMILES string of the molecule is CC(N)c1ccc(-n2cnc(C#N)c2C#N)cc1Br. The van der Waals surface area contributed by atoms with Crippen LogP contribution in [0.4, 0.5) is 0 Å². The number of nitrogens with zero attached hydrogens (tertiary/aromatic N) is 4. The van der Waals surface area contributed by atoms with E-state index in [4.69, 9.17) is 16.3 Å². The maximum absolute atomic E-state index is 9.10. The maximum atomic E-state index is 9.10. The van der Waals surface area contributed by atoms with Crippen molar-refractivity contribution in [1.29, 1.82) is 10.5 Å². The van der Waals surface area contributed by atoms with E-state index in [9.17, 15) is 0 Å². The van der Waals surface area contributed by atoms with Gasteiger partial charge in [-0.1, -0.05) is 22.0 Å². The van der Waals surface area contributed by atoms with Crippen molar-refractivity contribution in [2.24, 2.45) is 5.73 Å². The van der Waals surface area contributed by atoms with E-state index in [1.807, 2.05) is 37.3 Å². The van der Waals surface area contributed by atoms with Crippen LogP contribution in [0.25, 0.3) is 5.69 Å². The topological polar surface area (TPSA) is 91.4 Å². The van der Waals surface area contributed by atoms with Crippen LogP contribution in [-0.4, -0.2) is 9.55 Å². The Labute approximate surface area is 119 Å². The zero-order valence-electron chi connectivity index (χ0n) is 10.1. The monoisotopic (exact) mass is 315 g/mol. The van der Waals surface area contributed by atoms with E-state index >= 15 is 0 Å². The fraction of sp³-hybridized carbons (Fsp3) is 0.154. The minimum atomic E-state index is -0.0867. The lowest BCUT2D eigenvalue weighted by molar-refractivity contribution is 0.812. The van der Waals surface area contributed by atoms with Crippen LogP contribution in [-0.2, 0) is 0 Å². The first kappa shape index (κ1) is 13.3. The fourth-order valence-corrected chi connectivity index (χ4v) is 2.50. The molecule has 2 rings (SSSR count). The van der Waals surface area contributed by atoms with E-state index in [0.717, 1.165) is 15.7 Å². The fourth-order valence-electron chi connectivity index (χ4n) is 1.77. The molecule has 0 fully saturated rings. The van der Waals surface area contributed by atoms with Crippen LogP contribution in [0.15, 0.2) is 29.0 Å². The first-order chi connectivity index (χ1) is 9.08. The lowest BCUT2D eigenvalue weighted by Gasteiger charge is -2.11. The molecule has 0 radical (unpaired) electrons. The highest BCUT2D eigenvalue weighted by Crippen LogP contribution is 2.25. The van der Waals surface area contributed by atoms with Gasteiger partial charge in [0.05, 0.1) is 0 Å². The highest BCUT2D eigenvalue weighted by molar-refractivity contribution is 9.10. The Balaban J connectivity index is 2.56. The van der Waals surface area contributed by atoms with Crippen molar-refractivity contribution in [3.05, 3.63) is 46.0 Å². The van der Waals surface area contributed by atoms with Crippen molar-refractivity contribution in [1.82, 2.24) is 9.55 Å². The van der Waals surface area contributed by atoms with Gasteiger partial charge in [0.25, 0.3) is 0 Å². The summed E-state index contributed by atoms with van der Waals surface area (Å²) in [5.74, 6) is 0. The van der Waals surface area contributed by atoms with Gasteiger partial charge in [-0.2, -0.15) is 10.5 Å². The first-order valence-corrected chi connectivity index (χ1v) is 6.30. The van der Waals surface area contributed by atoms with Crippen molar-refractivity contribution >= 4 is 15.9 Å². The third kappa shape index (κ3) is 2.37. The Bertz CT molecular complexity index is 703. The number of hydrogen-bond acceptors (Lipinski definition) is 4. The number of imidazole rings is 1. The van der Waals surface area contributed by atoms with Crippen LogP contribution in [0.2, 0.25) is 0 Å². The molecule has 1 unspecified atom stereocenters. The molecule has 0 saturated carbocycles. The molecule has 5 nitrogen and oxygen atoms in total. The highest BCUT2D eigenvalue weighted by atomic mass is 79.9. The number of benzene rings is 1. The molecule has 2 N–H and O–H groups in total. The largest absolute Gasteiger partial charge is 0.324 e. The summed E-state index contributed by atoms with van der Waals surface area (Å²) in [7, 11) is 0. The van der Waals surface area contributed by atoms with E-state index in [1.54, 1.807) is 4.57 Å². The molecule has 1 aromatic heterocycles. The number of hydrogen-bond donors (Lipinski definition) is 1. The second-order valence-corrected chi connectivity index (χ2v) is 4.88. The van der Waals surface area contributed by atoms with Gasteiger partial charge in [0.2, 0.25) is 0 Å². The average molecular weight is 316 g/mol. The van der Waals surface area contributed by atoms with Gasteiger partial charge in [0, 0.05) is 16.2 Å². The molecular weight excluding hydrogens is 306 g/mol. The van der Waals surface area contributed by atoms with Gasteiger partial charge in [-0.05, 0) is 24.6 Å². The Hall–Kier alpha value is -2.15. The quantitative estimate of drug-likeness (QED) is 0.921. The lowest BCUT2D eigenvalue weighted by atomic mass is 10.1. The lowest BCUT2D eigenvalue weighted by Crippen LogP contribution is -2.06. The molecule has 1 heterocycles. The number of aromatic nitrogens is 2. The summed E-state index contributed by atoms with van der Waals surface area (Å²) in [6, 6.07) is 9.37. The molecule has 0 bridgehead atoms. The molecule has 0 saturated heterocycles. The van der Waals surface area contributed by atoms with Gasteiger partial charge in [0.1, 0.15) is 18.5 Å². The second kappa shape index (κ2) is 5.23. The molecule has 1 aromatic carbocycles. The van der Waals surface area contributed by atoms with Gasteiger partial charge in [-0.25, -0.2) is 4.98 Å². The third-order valence-corrected chi connectivity index (χ3v) is 3.42. The van der Waals surface area contributed by atoms with E-state index in [-0.39, 0.29) is 17.4 Å². The zero-order valence-corrected chi connectivity index (χ0v) is 11.7. The highest BCUT2D eigenvalue weighted by Gasteiger charge is 2.13. The molecule has 2 aromatic rings. The van der Waals surface area contributed by atoms with Crippen molar-refractivity contribution in [3.63, 3.8) is 0 Å². The smallest absolute Gasteiger partial charge is 0.177 e. The normalized spacial score (nSPS) is 11.6. The summed E-state index contributed by atoms with van der Waals surface area (Å²) in [4.78, 5) is 3.91. The van der Waals surface area contributed by atoms with Crippen molar-refractivity contribution in [2.75, 3.05) is 0 Å². The minimum Gasteiger partial charge on any atom is -0.324 e. The van der Waals surface area contributed by atoms with Gasteiger partial charge >= 0.3 is 0 Å². The Kier molecular flexibility index (Phi) is 3.66. The molecule has 0 spiro atoms. The molecule has 19 heavy (non-hydrogen) atoms. The maximum Gasteiger partial charge on any atom is 0.177 e. The van der Waals surface area contributed by atoms with E-state index < -0.39 is 0 Å². The number of nitriles is 2. The Morgan fingerprint density at radius 1 is 1.37 bits per heavy atom. The summed E-state index contributed by atoms with van der Waals surface area (Å²) < 4.78 is 2.44. The van der Waals surface area contributed by atoms with Crippen LogP contribution < -0.4 is 5.73 Å². The van der Waals surface area contributed by atoms with Crippen LogP contribution in [0, 0.1) is 22.7 Å². The van der Waals surface area contributed by atoms with Crippen LogP contribution in [0.3, 0.4) is 0 Å². The Morgan fingerprint density at radius 2 is 2.11 bits per heavy atom. The van der Waals surface area contributed by atoms with Gasteiger partial charge in [0.15, 0.2) is 11.4 Å². The third-order valence-electron chi connectivity index (χ3n) is 2.73. The van der Waals surface area contributed by atoms with Gasteiger partial charge < -0.3 is 5.73 Å². The zero-order chi connectivity index (χ0) is 14.0. The molecule has 1 atom stereocenters. The van der Waals surface area contributed by atoms with E-state index in [0.29, 0.717) is 0 Å². The summed E-state index contributed by atoms with van der Waals surface area (Å²) in [6.45, 7) is 1.89. The number of nitrogens with two attached hydrogens (primary N) is 1. The average Bonchev–Trinajstić information content (AvgIpc) is 2.80. The summed E-state index contributed by atoms with van der Waals surface area (Å²) in [6.07, 6.45) is 1.46. The standard InChI is InChI=1S/C13H10BrN5/c1-8(17)10-3-2-9(4-11(10)14)19-7-18-12(5-15)13(19)6-16/h2-4,7-8H,17H2,1H3. The Morgan fingerprint density at radius 3 is 2.63 bits per heavy atom. The van der Waals surface area contributed by atoms with Crippen molar-refractivity contribution in [2.45, 2.75) is 13.0 Å². The summed E-state index contributed by atoms with van der Waals surface area (Å²) >= 11 is 3.45. The molecule has 0 aliphatic rings. The minimum absolute atomic E-state index is 0.0867. The van der Waals surface area contributed by atoms with Crippen molar-refractivity contribution in [3.8, 4) is 17.8 Å². The predicted molar refractivity (Wildman–Crippen MR) is 73.3 cm³/mol. The molecular formula is C13H10BrN5. The molecule has 0 aliphatic heterocycles. The van der Waals surface area contributed by atoms with Crippen LogP contribution in [0.1, 0.15) is 29.9 Å². The van der Waals surface area contributed by atoms with Crippen LogP contribution >= 0.6 is 15.9 Å². The van der Waals surface area contributed by atoms with Gasteiger partial charge in [-0.15, -0.1) is 0 Å².